The van der Waals surface area contributed by atoms with Gasteiger partial charge >= 0.3 is 6.09 Å². The zero-order chi connectivity index (χ0) is 11.5. The summed E-state index contributed by atoms with van der Waals surface area (Å²) in [5, 5.41) is 17.6. The van der Waals surface area contributed by atoms with Crippen molar-refractivity contribution in [1.29, 1.82) is 10.5 Å². The molecule has 1 aliphatic heterocycles. The number of amides is 1. The molecule has 0 saturated carbocycles. The van der Waals surface area contributed by atoms with Crippen LogP contribution in [0.15, 0.2) is 18.2 Å². The maximum Gasteiger partial charge on any atom is 0.414 e. The summed E-state index contributed by atoms with van der Waals surface area (Å²) in [6.07, 6.45) is -0.423. The van der Waals surface area contributed by atoms with Gasteiger partial charge in [-0.25, -0.2) is 4.79 Å². The lowest BCUT2D eigenvalue weighted by Gasteiger charge is -2.12. The predicted molar refractivity (Wildman–Crippen MR) is 54.6 cm³/mol. The predicted octanol–water partition coefficient (Wildman–Crippen LogP) is 1.39. The summed E-state index contributed by atoms with van der Waals surface area (Å²) in [5.74, 6) is 0. The van der Waals surface area contributed by atoms with Crippen LogP contribution in [0.4, 0.5) is 10.5 Å². The minimum Gasteiger partial charge on any atom is -0.447 e. The van der Waals surface area contributed by atoms with Crippen molar-refractivity contribution in [2.24, 2.45) is 0 Å². The molecule has 1 aliphatic rings. The van der Waals surface area contributed by atoms with E-state index in [1.165, 1.54) is 17.0 Å². The Morgan fingerprint density at radius 2 is 2.00 bits per heavy atom. The van der Waals surface area contributed by atoms with E-state index < -0.39 is 6.09 Å². The molecule has 1 fully saturated rings. The molecule has 78 valence electrons. The zero-order valence-electron chi connectivity index (χ0n) is 8.30. The van der Waals surface area contributed by atoms with Crippen LogP contribution in [0.1, 0.15) is 11.1 Å². The largest absolute Gasteiger partial charge is 0.447 e. The topological polar surface area (TPSA) is 77.1 Å². The third-order valence-corrected chi connectivity index (χ3v) is 2.32. The fraction of sp³-hybridized carbons (Fsp3) is 0.182. The maximum atomic E-state index is 11.3. The van der Waals surface area contributed by atoms with Crippen LogP contribution in [0.5, 0.6) is 0 Å². The molecule has 1 amide bonds. The normalized spacial score (nSPS) is 14.1. The second kappa shape index (κ2) is 3.92. The lowest BCUT2D eigenvalue weighted by atomic mass is 10.1. The molecular formula is C11H7N3O2. The maximum absolute atomic E-state index is 11.3. The summed E-state index contributed by atoms with van der Waals surface area (Å²) >= 11 is 0. The van der Waals surface area contributed by atoms with Crippen molar-refractivity contribution in [3.05, 3.63) is 29.3 Å². The van der Waals surface area contributed by atoms with E-state index in [1.807, 2.05) is 12.1 Å². The summed E-state index contributed by atoms with van der Waals surface area (Å²) in [4.78, 5) is 12.7. The van der Waals surface area contributed by atoms with Crippen LogP contribution < -0.4 is 4.90 Å². The fourth-order valence-corrected chi connectivity index (χ4v) is 1.52. The van der Waals surface area contributed by atoms with Crippen LogP contribution in [0.25, 0.3) is 0 Å². The molecule has 16 heavy (non-hydrogen) atoms. The van der Waals surface area contributed by atoms with E-state index in [1.54, 1.807) is 6.07 Å². The van der Waals surface area contributed by atoms with Gasteiger partial charge in [-0.2, -0.15) is 10.5 Å². The average Bonchev–Trinajstić information content (AvgIpc) is 2.74. The smallest absolute Gasteiger partial charge is 0.414 e. The number of carbonyl (C=O) groups excluding carboxylic acids is 1. The van der Waals surface area contributed by atoms with E-state index in [9.17, 15) is 4.79 Å². The number of rotatable bonds is 1. The first-order valence-electron chi connectivity index (χ1n) is 4.65. The lowest BCUT2D eigenvalue weighted by Crippen LogP contribution is -2.23. The van der Waals surface area contributed by atoms with Crippen molar-refractivity contribution >= 4 is 11.8 Å². The van der Waals surface area contributed by atoms with Gasteiger partial charge in [-0.1, -0.05) is 0 Å². The van der Waals surface area contributed by atoms with Crippen molar-refractivity contribution in [3.63, 3.8) is 0 Å². The van der Waals surface area contributed by atoms with Crippen LogP contribution in [-0.2, 0) is 4.74 Å². The van der Waals surface area contributed by atoms with E-state index in [2.05, 4.69) is 0 Å². The van der Waals surface area contributed by atoms with Gasteiger partial charge in [-0.15, -0.1) is 0 Å². The Hall–Kier alpha value is -2.53. The van der Waals surface area contributed by atoms with E-state index in [4.69, 9.17) is 15.3 Å². The first kappa shape index (κ1) is 10.0. The van der Waals surface area contributed by atoms with Crippen LogP contribution in [-0.4, -0.2) is 19.2 Å². The molecule has 5 nitrogen and oxygen atoms in total. The molecule has 0 atom stereocenters. The quantitative estimate of drug-likeness (QED) is 0.706. The number of ether oxygens (including phenoxy) is 1. The number of benzene rings is 1. The number of nitriles is 2. The summed E-state index contributed by atoms with van der Waals surface area (Å²) in [7, 11) is 0. The first-order valence-corrected chi connectivity index (χ1v) is 4.65. The van der Waals surface area contributed by atoms with Gasteiger partial charge in [0.15, 0.2) is 0 Å². The number of anilines is 1. The van der Waals surface area contributed by atoms with Crippen molar-refractivity contribution in [1.82, 2.24) is 0 Å². The molecule has 0 aromatic heterocycles. The Morgan fingerprint density at radius 3 is 2.56 bits per heavy atom. The molecule has 2 rings (SSSR count). The van der Waals surface area contributed by atoms with Crippen molar-refractivity contribution in [2.45, 2.75) is 0 Å². The number of cyclic esters (lactones) is 1. The molecule has 5 heteroatoms. The Balaban J connectivity index is 2.41. The number of carbonyl (C=O) groups is 1. The average molecular weight is 213 g/mol. The minimum absolute atomic E-state index is 0.264. The molecule has 1 aromatic carbocycles. The molecule has 0 bridgehead atoms. The third-order valence-electron chi connectivity index (χ3n) is 2.32. The second-order valence-electron chi connectivity index (χ2n) is 3.22. The number of hydrogen-bond donors (Lipinski definition) is 0. The van der Waals surface area contributed by atoms with E-state index in [0.717, 1.165) is 0 Å². The van der Waals surface area contributed by atoms with Gasteiger partial charge in [0.2, 0.25) is 0 Å². The van der Waals surface area contributed by atoms with Crippen LogP contribution in [0.2, 0.25) is 0 Å². The number of hydrogen-bond acceptors (Lipinski definition) is 4. The SMILES string of the molecule is N#Cc1ccc(N2CCOC2=O)cc1C#N. The summed E-state index contributed by atoms with van der Waals surface area (Å²) in [6, 6.07) is 8.52. The Kier molecular flexibility index (Phi) is 2.45. The van der Waals surface area contributed by atoms with Gasteiger partial charge in [-0.3, -0.25) is 4.90 Å². The summed E-state index contributed by atoms with van der Waals surface area (Å²) in [5.41, 5.74) is 1.15. The minimum atomic E-state index is -0.423. The molecule has 1 saturated heterocycles. The van der Waals surface area contributed by atoms with Crippen LogP contribution >= 0.6 is 0 Å². The van der Waals surface area contributed by atoms with Gasteiger partial charge in [0, 0.05) is 5.69 Å². The van der Waals surface area contributed by atoms with E-state index in [0.29, 0.717) is 24.4 Å². The molecule has 1 aromatic rings. The summed E-state index contributed by atoms with van der Waals surface area (Å²) < 4.78 is 4.79. The molecule has 0 spiro atoms. The highest BCUT2D eigenvalue weighted by Crippen LogP contribution is 2.21. The van der Waals surface area contributed by atoms with Crippen molar-refractivity contribution in [2.75, 3.05) is 18.1 Å². The van der Waals surface area contributed by atoms with Gasteiger partial charge in [0.1, 0.15) is 18.7 Å². The van der Waals surface area contributed by atoms with Crippen LogP contribution in [0, 0.1) is 22.7 Å². The van der Waals surface area contributed by atoms with Crippen LogP contribution in [0.3, 0.4) is 0 Å². The molecule has 0 unspecified atom stereocenters. The zero-order valence-corrected chi connectivity index (χ0v) is 8.30. The molecular weight excluding hydrogens is 206 g/mol. The highest BCUT2D eigenvalue weighted by Gasteiger charge is 2.24. The van der Waals surface area contributed by atoms with E-state index in [-0.39, 0.29) is 5.56 Å². The highest BCUT2D eigenvalue weighted by molar-refractivity contribution is 5.89. The summed E-state index contributed by atoms with van der Waals surface area (Å²) in [6.45, 7) is 0.816. The highest BCUT2D eigenvalue weighted by atomic mass is 16.6. The molecule has 0 radical (unpaired) electrons. The molecule has 0 aliphatic carbocycles. The van der Waals surface area contributed by atoms with Gasteiger partial charge in [-0.05, 0) is 18.2 Å². The molecule has 1 heterocycles. The fourth-order valence-electron chi connectivity index (χ4n) is 1.52. The molecule has 0 N–H and O–H groups in total. The monoisotopic (exact) mass is 213 g/mol. The standard InChI is InChI=1S/C11H7N3O2/c12-6-8-1-2-10(5-9(8)7-13)14-3-4-16-11(14)15/h1-2,5H,3-4H2. The van der Waals surface area contributed by atoms with Crippen molar-refractivity contribution < 1.29 is 9.53 Å². The van der Waals surface area contributed by atoms with Gasteiger partial charge < -0.3 is 4.74 Å². The second-order valence-corrected chi connectivity index (χ2v) is 3.22. The lowest BCUT2D eigenvalue weighted by molar-refractivity contribution is 0.181. The van der Waals surface area contributed by atoms with Gasteiger partial charge in [0.05, 0.1) is 17.7 Å². The third kappa shape index (κ3) is 1.55. The Bertz CT molecular complexity index is 525. The van der Waals surface area contributed by atoms with Crippen molar-refractivity contribution in [3.8, 4) is 12.1 Å². The Labute approximate surface area is 92.1 Å². The first-order chi connectivity index (χ1) is 7.76. The van der Waals surface area contributed by atoms with Gasteiger partial charge in [0.25, 0.3) is 0 Å². The Morgan fingerprint density at radius 1 is 1.25 bits per heavy atom. The number of nitrogens with zero attached hydrogens (tertiary/aromatic N) is 3. The van der Waals surface area contributed by atoms with E-state index >= 15 is 0 Å².